The largest absolute Gasteiger partial charge is 0.493 e. The van der Waals surface area contributed by atoms with Gasteiger partial charge in [0.25, 0.3) is 0 Å². The number of fused-ring (bicyclic) bond motifs is 1. The van der Waals surface area contributed by atoms with E-state index < -0.39 is 0 Å². The van der Waals surface area contributed by atoms with Crippen molar-refractivity contribution in [3.63, 3.8) is 0 Å². The van der Waals surface area contributed by atoms with Crippen LogP contribution in [0.5, 0.6) is 11.5 Å². The molecular formula is C12H18N2O2. The molecule has 2 rings (SSSR count). The monoisotopic (exact) mass is 222 g/mol. The highest BCUT2D eigenvalue weighted by Gasteiger charge is 2.22. The fourth-order valence-electron chi connectivity index (χ4n) is 2.09. The molecule has 4 nitrogen and oxygen atoms in total. The van der Waals surface area contributed by atoms with E-state index in [9.17, 15) is 0 Å². The Kier molecular flexibility index (Phi) is 3.03. The van der Waals surface area contributed by atoms with Crippen LogP contribution in [0, 0.1) is 0 Å². The van der Waals surface area contributed by atoms with E-state index in [1.807, 2.05) is 11.1 Å². The van der Waals surface area contributed by atoms with E-state index in [1.165, 1.54) is 11.1 Å². The van der Waals surface area contributed by atoms with Gasteiger partial charge in [0.15, 0.2) is 11.5 Å². The second-order valence-electron chi connectivity index (χ2n) is 4.20. The van der Waals surface area contributed by atoms with E-state index in [0.717, 1.165) is 24.5 Å². The molecule has 0 bridgehead atoms. The van der Waals surface area contributed by atoms with E-state index in [-0.39, 0.29) is 0 Å². The molecular weight excluding hydrogens is 204 g/mol. The van der Waals surface area contributed by atoms with Crippen molar-refractivity contribution >= 4 is 0 Å². The van der Waals surface area contributed by atoms with Crippen molar-refractivity contribution in [1.82, 2.24) is 5.01 Å². The molecule has 1 aliphatic heterocycles. The van der Waals surface area contributed by atoms with Gasteiger partial charge in [0.1, 0.15) is 0 Å². The number of hydrogen-bond acceptors (Lipinski definition) is 4. The third kappa shape index (κ3) is 1.86. The number of hydrogen-bond donors (Lipinski definition) is 1. The summed E-state index contributed by atoms with van der Waals surface area (Å²) in [5.74, 6) is 7.47. The van der Waals surface area contributed by atoms with E-state index in [0.29, 0.717) is 6.04 Å². The summed E-state index contributed by atoms with van der Waals surface area (Å²) in [5, 5.41) is 1.86. The standard InChI is InChI=1S/C12H18N2O2/c1-8-4-9-5-11(15-2)12(16-3)6-10(9)7-14(8)13/h5-6,8H,4,7,13H2,1-3H3. The number of nitrogens with zero attached hydrogens (tertiary/aromatic N) is 1. The lowest BCUT2D eigenvalue weighted by atomic mass is 9.95. The quantitative estimate of drug-likeness (QED) is 0.767. The molecule has 0 aromatic heterocycles. The first kappa shape index (κ1) is 11.2. The summed E-state index contributed by atoms with van der Waals surface area (Å²) in [6.07, 6.45) is 0.951. The molecule has 0 radical (unpaired) electrons. The lowest BCUT2D eigenvalue weighted by molar-refractivity contribution is 0.188. The Morgan fingerprint density at radius 1 is 1.19 bits per heavy atom. The number of nitrogens with two attached hydrogens (primary N) is 1. The first-order valence-corrected chi connectivity index (χ1v) is 5.40. The second-order valence-corrected chi connectivity index (χ2v) is 4.20. The fourth-order valence-corrected chi connectivity index (χ4v) is 2.09. The lowest BCUT2D eigenvalue weighted by Crippen LogP contribution is -2.43. The number of hydrazine groups is 1. The van der Waals surface area contributed by atoms with Crippen LogP contribution in [0.1, 0.15) is 18.1 Å². The van der Waals surface area contributed by atoms with Crippen molar-refractivity contribution in [2.75, 3.05) is 14.2 Å². The van der Waals surface area contributed by atoms with Gasteiger partial charge in [-0.05, 0) is 36.6 Å². The summed E-state index contributed by atoms with van der Waals surface area (Å²) < 4.78 is 10.6. The van der Waals surface area contributed by atoms with Crippen LogP contribution in [-0.4, -0.2) is 25.3 Å². The Hall–Kier alpha value is -1.26. The van der Waals surface area contributed by atoms with Crippen molar-refractivity contribution < 1.29 is 9.47 Å². The molecule has 1 atom stereocenters. The molecule has 0 saturated carbocycles. The summed E-state index contributed by atoms with van der Waals surface area (Å²) >= 11 is 0. The second kappa shape index (κ2) is 4.31. The van der Waals surface area contributed by atoms with Crippen LogP contribution in [0.15, 0.2) is 12.1 Å². The molecule has 1 aromatic rings. The summed E-state index contributed by atoms with van der Waals surface area (Å²) in [6, 6.07) is 4.43. The van der Waals surface area contributed by atoms with Gasteiger partial charge < -0.3 is 9.47 Å². The van der Waals surface area contributed by atoms with E-state index >= 15 is 0 Å². The average Bonchev–Trinajstić information content (AvgIpc) is 2.29. The minimum Gasteiger partial charge on any atom is -0.493 e. The number of ether oxygens (including phenoxy) is 2. The highest BCUT2D eigenvalue weighted by molar-refractivity contribution is 5.48. The molecule has 1 aromatic carbocycles. The van der Waals surface area contributed by atoms with Crippen LogP contribution in [0.4, 0.5) is 0 Å². The van der Waals surface area contributed by atoms with Gasteiger partial charge in [0.2, 0.25) is 0 Å². The van der Waals surface area contributed by atoms with Gasteiger partial charge in [-0.2, -0.15) is 0 Å². The third-order valence-corrected chi connectivity index (χ3v) is 3.14. The summed E-state index contributed by atoms with van der Waals surface area (Å²) in [4.78, 5) is 0. The van der Waals surface area contributed by atoms with Crippen LogP contribution in [0.25, 0.3) is 0 Å². The molecule has 88 valence electrons. The maximum atomic E-state index is 5.92. The molecule has 0 saturated heterocycles. The minimum absolute atomic E-state index is 0.366. The first-order chi connectivity index (χ1) is 7.65. The lowest BCUT2D eigenvalue weighted by Gasteiger charge is -2.31. The van der Waals surface area contributed by atoms with Gasteiger partial charge in [-0.1, -0.05) is 0 Å². The van der Waals surface area contributed by atoms with Gasteiger partial charge in [-0.3, -0.25) is 5.84 Å². The number of methoxy groups -OCH3 is 2. The Balaban J connectivity index is 2.41. The fraction of sp³-hybridized carbons (Fsp3) is 0.500. The van der Waals surface area contributed by atoms with Crippen molar-refractivity contribution in [3.8, 4) is 11.5 Å². The maximum absolute atomic E-state index is 5.92. The zero-order chi connectivity index (χ0) is 11.7. The molecule has 0 spiro atoms. The van der Waals surface area contributed by atoms with Crippen molar-refractivity contribution in [1.29, 1.82) is 0 Å². The molecule has 0 aliphatic carbocycles. The summed E-state index contributed by atoms with van der Waals surface area (Å²) in [5.41, 5.74) is 2.52. The van der Waals surface area contributed by atoms with Crippen LogP contribution >= 0.6 is 0 Å². The van der Waals surface area contributed by atoms with Gasteiger partial charge in [-0.15, -0.1) is 0 Å². The summed E-state index contributed by atoms with van der Waals surface area (Å²) in [7, 11) is 3.31. The van der Waals surface area contributed by atoms with Crippen LogP contribution in [-0.2, 0) is 13.0 Å². The number of benzene rings is 1. The van der Waals surface area contributed by atoms with Gasteiger partial charge in [0, 0.05) is 12.6 Å². The first-order valence-electron chi connectivity index (χ1n) is 5.40. The smallest absolute Gasteiger partial charge is 0.161 e. The zero-order valence-corrected chi connectivity index (χ0v) is 9.99. The SMILES string of the molecule is COc1cc2c(cc1OC)CN(N)C(C)C2. The van der Waals surface area contributed by atoms with E-state index in [1.54, 1.807) is 14.2 Å². The van der Waals surface area contributed by atoms with Crippen LogP contribution < -0.4 is 15.3 Å². The summed E-state index contributed by atoms with van der Waals surface area (Å²) in [6.45, 7) is 2.89. The minimum atomic E-state index is 0.366. The van der Waals surface area contributed by atoms with Crippen LogP contribution in [0.3, 0.4) is 0 Å². The molecule has 1 aliphatic rings. The van der Waals surface area contributed by atoms with Crippen LogP contribution in [0.2, 0.25) is 0 Å². The van der Waals surface area contributed by atoms with Gasteiger partial charge in [0.05, 0.1) is 14.2 Å². The highest BCUT2D eigenvalue weighted by Crippen LogP contribution is 2.33. The van der Waals surface area contributed by atoms with E-state index in [2.05, 4.69) is 13.0 Å². The molecule has 0 fully saturated rings. The molecule has 16 heavy (non-hydrogen) atoms. The Morgan fingerprint density at radius 3 is 2.31 bits per heavy atom. The predicted octanol–water partition coefficient (Wildman–Crippen LogP) is 1.32. The topological polar surface area (TPSA) is 47.7 Å². The molecule has 4 heteroatoms. The number of rotatable bonds is 2. The third-order valence-electron chi connectivity index (χ3n) is 3.14. The molecule has 1 heterocycles. The van der Waals surface area contributed by atoms with Gasteiger partial charge >= 0.3 is 0 Å². The van der Waals surface area contributed by atoms with Crippen molar-refractivity contribution in [3.05, 3.63) is 23.3 Å². The molecule has 2 N–H and O–H groups in total. The Bertz CT molecular complexity index is 356. The molecule has 1 unspecified atom stereocenters. The molecule has 0 amide bonds. The van der Waals surface area contributed by atoms with E-state index in [4.69, 9.17) is 15.3 Å². The Labute approximate surface area is 95.9 Å². The zero-order valence-electron chi connectivity index (χ0n) is 9.99. The maximum Gasteiger partial charge on any atom is 0.161 e. The highest BCUT2D eigenvalue weighted by atomic mass is 16.5. The predicted molar refractivity (Wildman–Crippen MR) is 62.4 cm³/mol. The van der Waals surface area contributed by atoms with Crippen molar-refractivity contribution in [2.45, 2.75) is 25.9 Å². The Morgan fingerprint density at radius 2 is 1.75 bits per heavy atom. The van der Waals surface area contributed by atoms with Crippen molar-refractivity contribution in [2.24, 2.45) is 5.84 Å². The van der Waals surface area contributed by atoms with Gasteiger partial charge in [-0.25, -0.2) is 5.01 Å². The normalized spacial score (nSPS) is 20.4. The average molecular weight is 222 g/mol.